The lowest BCUT2D eigenvalue weighted by Gasteiger charge is -2.32. The van der Waals surface area contributed by atoms with Crippen LogP contribution in [-0.4, -0.2) is 18.3 Å². The highest BCUT2D eigenvalue weighted by atomic mass is 31.1. The monoisotopic (exact) mass is 490 g/mol. The quantitative estimate of drug-likeness (QED) is 0.252. The van der Waals surface area contributed by atoms with E-state index in [2.05, 4.69) is 152 Å². The molecular formula is C32H30NP2. The molecule has 1 aliphatic carbocycles. The second-order valence-electron chi connectivity index (χ2n) is 8.56. The Balaban J connectivity index is 1.36. The van der Waals surface area contributed by atoms with Crippen LogP contribution in [0.2, 0.25) is 0 Å². The third-order valence-corrected chi connectivity index (χ3v) is 11.2. The van der Waals surface area contributed by atoms with E-state index in [1.54, 1.807) is 0 Å². The molecule has 0 aliphatic heterocycles. The number of rotatable bonds is 9. The molecule has 1 nitrogen and oxygen atoms in total. The zero-order valence-corrected chi connectivity index (χ0v) is 21.8. The van der Waals surface area contributed by atoms with Crippen molar-refractivity contribution in [1.82, 2.24) is 4.67 Å². The van der Waals surface area contributed by atoms with E-state index in [0.29, 0.717) is 0 Å². The van der Waals surface area contributed by atoms with E-state index < -0.39 is 16.0 Å². The molecule has 4 aromatic carbocycles. The molecule has 1 fully saturated rings. The Labute approximate surface area is 213 Å². The van der Waals surface area contributed by atoms with Gasteiger partial charge in [0.05, 0.1) is 0 Å². The van der Waals surface area contributed by atoms with E-state index in [9.17, 15) is 0 Å². The standard InChI is InChI=1S/C32H30NP2/c1-33(35(30-20-10-4-11-21-30)31-22-12-5-13-23-31)26-25-27-15-14-24-32(27)34(28-16-6-2-7-17-28)29-18-8-3-9-19-29/h2-24H,25-26H2,1H3. The van der Waals surface area contributed by atoms with Crippen LogP contribution in [0, 0.1) is 30.8 Å². The lowest BCUT2D eigenvalue weighted by atomic mass is 10.0. The van der Waals surface area contributed by atoms with E-state index in [-0.39, 0.29) is 0 Å². The third kappa shape index (κ3) is 5.92. The Kier molecular flexibility index (Phi) is 8.43. The summed E-state index contributed by atoms with van der Waals surface area (Å²) in [6, 6.07) is 43.9. The SMILES string of the molecule is CN(CC[C]1[CH][CH][CH][C]1P(c1ccccc1)c1ccccc1)P(c1ccccc1)c1ccccc1. The summed E-state index contributed by atoms with van der Waals surface area (Å²) in [6.07, 6.45) is 7.95. The lowest BCUT2D eigenvalue weighted by Crippen LogP contribution is -2.28. The van der Waals surface area contributed by atoms with Crippen molar-refractivity contribution in [3.05, 3.63) is 152 Å². The first-order valence-electron chi connectivity index (χ1n) is 12.1. The van der Waals surface area contributed by atoms with Gasteiger partial charge >= 0.3 is 0 Å². The fourth-order valence-corrected chi connectivity index (χ4v) is 9.32. The van der Waals surface area contributed by atoms with E-state index >= 15 is 0 Å². The van der Waals surface area contributed by atoms with E-state index in [1.165, 1.54) is 32.8 Å². The van der Waals surface area contributed by atoms with Gasteiger partial charge < -0.3 is 0 Å². The van der Waals surface area contributed by atoms with Crippen molar-refractivity contribution in [3.63, 3.8) is 0 Å². The maximum Gasteiger partial charge on any atom is 0.0278 e. The Bertz CT molecular complexity index is 1070. The maximum atomic E-state index is 2.56. The molecule has 0 aromatic heterocycles. The smallest absolute Gasteiger partial charge is 0.0278 e. The zero-order chi connectivity index (χ0) is 23.9. The molecule has 173 valence electrons. The molecule has 1 aliphatic rings. The van der Waals surface area contributed by atoms with Gasteiger partial charge in [0.1, 0.15) is 0 Å². The summed E-state index contributed by atoms with van der Waals surface area (Å²) in [6.45, 7) is 1.01. The molecular weight excluding hydrogens is 460 g/mol. The minimum Gasteiger partial charge on any atom is -0.278 e. The highest BCUT2D eigenvalue weighted by molar-refractivity contribution is 7.76. The van der Waals surface area contributed by atoms with Crippen molar-refractivity contribution in [1.29, 1.82) is 0 Å². The fraction of sp³-hybridized carbons (Fsp3) is 0.0938. The summed E-state index contributed by atoms with van der Waals surface area (Å²) in [5.74, 6) is 1.46. The second-order valence-corrected chi connectivity index (χ2v) is 13.1. The molecule has 4 aromatic rings. The van der Waals surface area contributed by atoms with Crippen LogP contribution >= 0.6 is 16.0 Å². The lowest BCUT2D eigenvalue weighted by molar-refractivity contribution is 0.546. The molecule has 0 N–H and O–H groups in total. The second kappa shape index (κ2) is 12.1. The van der Waals surface area contributed by atoms with Gasteiger partial charge in [0.25, 0.3) is 0 Å². The number of nitrogens with zero attached hydrogens (tertiary/aromatic N) is 1. The van der Waals surface area contributed by atoms with Crippen LogP contribution < -0.4 is 21.2 Å². The molecule has 0 atom stereocenters. The van der Waals surface area contributed by atoms with Crippen LogP contribution in [0.3, 0.4) is 0 Å². The molecule has 1 saturated carbocycles. The van der Waals surface area contributed by atoms with Gasteiger partial charge in [-0.2, -0.15) is 0 Å². The molecule has 35 heavy (non-hydrogen) atoms. The van der Waals surface area contributed by atoms with Gasteiger partial charge in [-0.05, 0) is 67.8 Å². The van der Waals surface area contributed by atoms with Crippen molar-refractivity contribution in [2.24, 2.45) is 0 Å². The maximum absolute atomic E-state index is 2.56. The average molecular weight is 491 g/mol. The van der Waals surface area contributed by atoms with Gasteiger partial charge in [0.2, 0.25) is 0 Å². The zero-order valence-electron chi connectivity index (χ0n) is 20.0. The van der Waals surface area contributed by atoms with Gasteiger partial charge in [-0.25, -0.2) is 0 Å². The van der Waals surface area contributed by atoms with E-state index in [4.69, 9.17) is 0 Å². The van der Waals surface area contributed by atoms with Crippen LogP contribution in [0.25, 0.3) is 0 Å². The Hall–Kier alpha value is -2.30. The molecule has 0 bridgehead atoms. The van der Waals surface area contributed by atoms with Crippen molar-refractivity contribution < 1.29 is 0 Å². The summed E-state index contributed by atoms with van der Waals surface area (Å²) < 4.78 is 2.56. The molecule has 0 spiro atoms. The van der Waals surface area contributed by atoms with Crippen LogP contribution in [0.4, 0.5) is 0 Å². The predicted octanol–water partition coefficient (Wildman–Crippen LogP) is 6.22. The first kappa shape index (κ1) is 24.4. The fourth-order valence-electron chi connectivity index (χ4n) is 4.52. The summed E-state index contributed by atoms with van der Waals surface area (Å²) in [5, 5.41) is 5.61. The van der Waals surface area contributed by atoms with Crippen molar-refractivity contribution in [2.45, 2.75) is 6.42 Å². The molecule has 0 heterocycles. The Morgan fingerprint density at radius 2 is 0.971 bits per heavy atom. The molecule has 5 radical (unpaired) electrons. The van der Waals surface area contributed by atoms with E-state index in [1.807, 2.05) is 0 Å². The van der Waals surface area contributed by atoms with Crippen molar-refractivity contribution >= 4 is 37.2 Å². The van der Waals surface area contributed by atoms with Gasteiger partial charge in [0, 0.05) is 20.3 Å². The van der Waals surface area contributed by atoms with Gasteiger partial charge in [-0.15, -0.1) is 0 Å². The van der Waals surface area contributed by atoms with Crippen LogP contribution in [0.5, 0.6) is 0 Å². The summed E-state index contributed by atoms with van der Waals surface area (Å²) in [4.78, 5) is 0. The van der Waals surface area contributed by atoms with Gasteiger partial charge in [0.15, 0.2) is 0 Å². The molecule has 0 unspecified atom stereocenters. The predicted molar refractivity (Wildman–Crippen MR) is 155 cm³/mol. The molecule has 5 rings (SSSR count). The van der Waals surface area contributed by atoms with Crippen LogP contribution in [0.15, 0.2) is 121 Å². The molecule has 3 heteroatoms. The van der Waals surface area contributed by atoms with Crippen molar-refractivity contribution in [2.75, 3.05) is 13.6 Å². The first-order chi connectivity index (χ1) is 17.3. The Morgan fingerprint density at radius 3 is 1.43 bits per heavy atom. The topological polar surface area (TPSA) is 3.24 Å². The average Bonchev–Trinajstić information content (AvgIpc) is 3.38. The summed E-state index contributed by atoms with van der Waals surface area (Å²) >= 11 is 0. The summed E-state index contributed by atoms with van der Waals surface area (Å²) in [7, 11) is 1.14. The third-order valence-electron chi connectivity index (χ3n) is 6.20. The molecule has 0 saturated heterocycles. The highest BCUT2D eigenvalue weighted by Crippen LogP contribution is 2.57. The number of hydrogen-bond acceptors (Lipinski definition) is 1. The van der Waals surface area contributed by atoms with Gasteiger partial charge in [-0.3, -0.25) is 4.67 Å². The first-order valence-corrected chi connectivity index (χ1v) is 14.7. The van der Waals surface area contributed by atoms with Gasteiger partial charge in [-0.1, -0.05) is 121 Å². The van der Waals surface area contributed by atoms with E-state index in [0.717, 1.165) is 13.0 Å². The van der Waals surface area contributed by atoms with Crippen LogP contribution in [0.1, 0.15) is 6.42 Å². The number of hydrogen-bond donors (Lipinski definition) is 0. The minimum atomic E-state index is -0.577. The Morgan fingerprint density at radius 1 is 0.543 bits per heavy atom. The molecule has 0 amide bonds. The van der Waals surface area contributed by atoms with Crippen LogP contribution in [-0.2, 0) is 0 Å². The summed E-state index contributed by atoms with van der Waals surface area (Å²) in [5.41, 5.74) is 1.48. The highest BCUT2D eigenvalue weighted by Gasteiger charge is 2.37. The largest absolute Gasteiger partial charge is 0.278 e. The minimum absolute atomic E-state index is 0.568. The van der Waals surface area contributed by atoms with Crippen molar-refractivity contribution in [3.8, 4) is 0 Å². The number of benzene rings is 4. The normalized spacial score (nSPS) is 14.9.